The first-order chi connectivity index (χ1) is 18.3. The van der Waals surface area contributed by atoms with Gasteiger partial charge in [-0.05, 0) is 67.8 Å². The van der Waals surface area contributed by atoms with Crippen molar-refractivity contribution in [3.05, 3.63) is 59.1 Å². The van der Waals surface area contributed by atoms with Gasteiger partial charge < -0.3 is 9.47 Å². The van der Waals surface area contributed by atoms with E-state index in [9.17, 15) is 4.79 Å². The maximum absolute atomic E-state index is 13.7. The number of ether oxygens (including phenoxy) is 2. The van der Waals surface area contributed by atoms with E-state index in [2.05, 4.69) is 4.90 Å². The minimum Gasteiger partial charge on any atom is -0.493 e. The average Bonchev–Trinajstić information content (AvgIpc) is 3.05. The fourth-order valence-electron chi connectivity index (χ4n) is 3.71. The van der Waals surface area contributed by atoms with Gasteiger partial charge in [-0.3, -0.25) is 9.69 Å². The van der Waals surface area contributed by atoms with Crippen molar-refractivity contribution in [2.45, 2.75) is 32.1 Å². The Bertz CT molecular complexity index is 1270. The van der Waals surface area contributed by atoms with E-state index in [1.165, 1.54) is 0 Å². The monoisotopic (exact) mass is 391 g/mol. The fraction of sp³-hybridized carbons (Fsp3) is 0.458. The van der Waals surface area contributed by atoms with Gasteiger partial charge in [0.05, 0.1) is 25.0 Å². The first-order valence-electron chi connectivity index (χ1n) is 15.2. The van der Waals surface area contributed by atoms with E-state index >= 15 is 0 Å². The SMILES string of the molecule is [2H]c1c(OC([2H])([2H])[2H])c(OC([2H])([2H])[2H])c([2H])c2c1C(=O)C(C([2H])([2H])C1CCN(Cc3ccccc3)CC1)C2([2H])[2H]. The van der Waals surface area contributed by atoms with Crippen molar-refractivity contribution in [3.63, 3.8) is 0 Å². The normalized spacial score (nSPS) is 29.7. The van der Waals surface area contributed by atoms with Crippen LogP contribution in [0.3, 0.4) is 0 Å². The number of Topliss-reactive ketones (excluding diaryl/α,β-unsaturated/α-hetero) is 1. The summed E-state index contributed by atoms with van der Waals surface area (Å²) in [5.74, 6) is -5.83. The maximum atomic E-state index is 13.7. The summed E-state index contributed by atoms with van der Waals surface area (Å²) in [5, 5.41) is 0. The molecule has 0 radical (unpaired) electrons. The lowest BCUT2D eigenvalue weighted by Gasteiger charge is -2.32. The highest BCUT2D eigenvalue weighted by Gasteiger charge is 2.34. The minimum absolute atomic E-state index is 0.332. The van der Waals surface area contributed by atoms with Crippen LogP contribution < -0.4 is 9.47 Å². The molecule has 1 aliphatic carbocycles. The number of benzene rings is 2. The van der Waals surface area contributed by atoms with Gasteiger partial charge in [0.1, 0.15) is 0 Å². The quantitative estimate of drug-likeness (QED) is 0.733. The van der Waals surface area contributed by atoms with Crippen molar-refractivity contribution in [2.75, 3.05) is 27.2 Å². The Morgan fingerprint density at radius 2 is 1.89 bits per heavy atom. The molecule has 1 fully saturated rings. The second-order valence-corrected chi connectivity index (χ2v) is 7.01. The van der Waals surface area contributed by atoms with Crippen LogP contribution in [0.1, 0.15) is 57.1 Å². The summed E-state index contributed by atoms with van der Waals surface area (Å²) in [6.07, 6.45) is -4.57. The summed E-state index contributed by atoms with van der Waals surface area (Å²) in [6, 6.07) is 7.80. The molecule has 0 aromatic heterocycles. The number of fused-ring (bicyclic) bond motifs is 1. The van der Waals surface area contributed by atoms with Gasteiger partial charge in [-0.2, -0.15) is 0 Å². The molecule has 1 atom stereocenters. The summed E-state index contributed by atoms with van der Waals surface area (Å²) >= 11 is 0. The highest BCUT2D eigenvalue weighted by Crippen LogP contribution is 2.39. The van der Waals surface area contributed by atoms with Gasteiger partial charge in [-0.25, -0.2) is 0 Å². The lowest BCUT2D eigenvalue weighted by Crippen LogP contribution is -2.34. The molecular weight excluding hydrogens is 350 g/mol. The molecule has 28 heavy (non-hydrogen) atoms. The predicted octanol–water partition coefficient (Wildman–Crippen LogP) is 4.36. The molecule has 4 heteroatoms. The zero-order valence-corrected chi connectivity index (χ0v) is 15.2. The van der Waals surface area contributed by atoms with E-state index in [-0.39, 0.29) is 0 Å². The number of hydrogen-bond acceptors (Lipinski definition) is 4. The zero-order valence-electron chi connectivity index (χ0n) is 27.2. The molecule has 1 unspecified atom stereocenters. The van der Waals surface area contributed by atoms with Gasteiger partial charge in [-0.1, -0.05) is 30.3 Å². The summed E-state index contributed by atoms with van der Waals surface area (Å²) in [6.45, 7) is 1.68. The van der Waals surface area contributed by atoms with E-state index < -0.39 is 79.2 Å². The Hall–Kier alpha value is -2.33. The van der Waals surface area contributed by atoms with Crippen LogP contribution in [0.2, 0.25) is 0 Å². The van der Waals surface area contributed by atoms with Gasteiger partial charge in [-0.15, -0.1) is 0 Å². The average molecular weight is 392 g/mol. The van der Waals surface area contributed by atoms with Gasteiger partial charge in [0.2, 0.25) is 0 Å². The number of carbonyl (C=O) groups is 1. The molecule has 1 heterocycles. The Morgan fingerprint density at radius 3 is 2.61 bits per heavy atom. The van der Waals surface area contributed by atoms with Crippen LogP contribution in [-0.4, -0.2) is 37.8 Å². The number of rotatable bonds is 6. The Labute approximate surface area is 184 Å². The van der Waals surface area contributed by atoms with Crippen molar-refractivity contribution < 1.29 is 30.7 Å². The van der Waals surface area contributed by atoms with Crippen molar-refractivity contribution in [1.82, 2.24) is 4.90 Å². The smallest absolute Gasteiger partial charge is 0.166 e. The minimum atomic E-state index is -3.22. The largest absolute Gasteiger partial charge is 0.493 e. The molecule has 4 rings (SSSR count). The molecule has 0 N–H and O–H groups in total. The number of hydrogen-bond donors (Lipinski definition) is 0. The number of methoxy groups -OCH3 is 2. The molecule has 1 saturated heterocycles. The molecule has 0 saturated carbocycles. The second-order valence-electron chi connectivity index (χ2n) is 7.01. The molecule has 2 aliphatic rings. The summed E-state index contributed by atoms with van der Waals surface area (Å²) in [5.41, 5.74) is -0.324. The van der Waals surface area contributed by atoms with Crippen molar-refractivity contribution in [2.24, 2.45) is 11.8 Å². The lowest BCUT2D eigenvalue weighted by atomic mass is 9.85. The fourth-order valence-corrected chi connectivity index (χ4v) is 3.71. The third-order valence-corrected chi connectivity index (χ3v) is 5.17. The summed E-state index contributed by atoms with van der Waals surface area (Å²) in [4.78, 5) is 15.8. The van der Waals surface area contributed by atoms with E-state index in [0.29, 0.717) is 32.5 Å². The number of nitrogens with zero attached hydrogens (tertiary/aromatic N) is 1. The van der Waals surface area contributed by atoms with Crippen molar-refractivity contribution in [1.29, 1.82) is 0 Å². The Balaban J connectivity index is 1.69. The van der Waals surface area contributed by atoms with E-state index in [4.69, 9.17) is 25.9 Å². The molecule has 0 bridgehead atoms. The van der Waals surface area contributed by atoms with Gasteiger partial charge in [0.25, 0.3) is 0 Å². The van der Waals surface area contributed by atoms with E-state index in [0.717, 1.165) is 5.56 Å². The Kier molecular flexibility index (Phi) is 2.82. The highest BCUT2D eigenvalue weighted by molar-refractivity contribution is 6.02. The molecule has 2 aromatic carbocycles. The molecule has 2 aromatic rings. The maximum Gasteiger partial charge on any atom is 0.166 e. The molecule has 4 nitrogen and oxygen atoms in total. The highest BCUT2D eigenvalue weighted by atomic mass is 16.5. The standard InChI is InChI=1S/C24H29NO3/c1-27-22-14-19-13-20(24(26)21(19)15-23(22)28-2)12-17-8-10-25(11-9-17)16-18-6-4-3-5-7-18/h3-7,14-15,17,20H,8-13,16H2,1-2H3/i1D3,2D3,12D2,13D2,14D,15D. The molecular formula is C24H29NO3. The van der Waals surface area contributed by atoms with Crippen LogP contribution in [0.25, 0.3) is 0 Å². The van der Waals surface area contributed by atoms with Gasteiger partial charge in [0.15, 0.2) is 17.3 Å². The zero-order chi connectivity index (χ0) is 29.8. The summed E-state index contributed by atoms with van der Waals surface area (Å²) in [7, 11) is -6.44. The van der Waals surface area contributed by atoms with Crippen molar-refractivity contribution in [3.8, 4) is 11.5 Å². The van der Waals surface area contributed by atoms with Crippen LogP contribution in [0.4, 0.5) is 0 Å². The predicted molar refractivity (Wildman–Crippen MR) is 110 cm³/mol. The van der Waals surface area contributed by atoms with Crippen LogP contribution in [0, 0.1) is 11.8 Å². The van der Waals surface area contributed by atoms with E-state index in [1.54, 1.807) is 0 Å². The number of ketones is 1. The first-order valence-corrected chi connectivity index (χ1v) is 9.20. The second kappa shape index (κ2) is 8.36. The first kappa shape index (κ1) is 9.45. The van der Waals surface area contributed by atoms with Crippen LogP contribution >= 0.6 is 0 Å². The third kappa shape index (κ3) is 3.93. The topological polar surface area (TPSA) is 38.8 Å². The van der Waals surface area contributed by atoms with E-state index in [1.807, 2.05) is 30.3 Å². The summed E-state index contributed by atoms with van der Waals surface area (Å²) < 4.78 is 106. The molecule has 0 spiro atoms. The molecule has 1 aliphatic heterocycles. The van der Waals surface area contributed by atoms with Gasteiger partial charge in [0, 0.05) is 23.5 Å². The number of carbonyl (C=O) groups excluding carboxylic acids is 1. The Morgan fingerprint density at radius 1 is 1.18 bits per heavy atom. The van der Waals surface area contributed by atoms with Crippen molar-refractivity contribution >= 4 is 5.78 Å². The van der Waals surface area contributed by atoms with Crippen LogP contribution in [0.15, 0.2) is 42.4 Å². The third-order valence-electron chi connectivity index (χ3n) is 5.17. The van der Waals surface area contributed by atoms with Crippen LogP contribution in [0.5, 0.6) is 11.5 Å². The number of likely N-dealkylation sites (tertiary alicyclic amines) is 1. The molecule has 148 valence electrons. The number of piperidine rings is 1. The molecule has 0 amide bonds. The van der Waals surface area contributed by atoms with Crippen LogP contribution in [-0.2, 0) is 12.9 Å². The van der Waals surface area contributed by atoms with Gasteiger partial charge >= 0.3 is 0 Å². The lowest BCUT2D eigenvalue weighted by molar-refractivity contribution is 0.0895.